The summed E-state index contributed by atoms with van der Waals surface area (Å²) in [7, 11) is 0. The molecule has 6 nitrogen and oxygen atoms in total. The third kappa shape index (κ3) is 6.46. The van der Waals surface area contributed by atoms with Crippen LogP contribution in [0.3, 0.4) is 0 Å². The maximum absolute atomic E-state index is 12.4. The van der Waals surface area contributed by atoms with E-state index in [9.17, 15) is 9.59 Å². The maximum Gasteiger partial charge on any atom is 0.224 e. The molecule has 0 aliphatic carbocycles. The van der Waals surface area contributed by atoms with Crippen LogP contribution >= 0.6 is 0 Å². The summed E-state index contributed by atoms with van der Waals surface area (Å²) >= 11 is 0. The van der Waals surface area contributed by atoms with Crippen LogP contribution in [0, 0.1) is 12.8 Å². The number of benzene rings is 1. The van der Waals surface area contributed by atoms with Crippen molar-refractivity contribution >= 4 is 17.5 Å². The van der Waals surface area contributed by atoms with E-state index in [1.807, 2.05) is 0 Å². The van der Waals surface area contributed by atoms with Crippen molar-refractivity contribution < 1.29 is 9.59 Å². The molecule has 2 saturated heterocycles. The lowest BCUT2D eigenvalue weighted by molar-refractivity contribution is -0.133. The fourth-order valence-electron chi connectivity index (χ4n) is 4.35. The number of carbonyl (C=O) groups is 2. The molecule has 3 rings (SSSR count). The minimum absolute atomic E-state index is 0.0395. The van der Waals surface area contributed by atoms with Crippen LogP contribution in [0.25, 0.3) is 0 Å². The van der Waals surface area contributed by atoms with Crippen molar-refractivity contribution in [3.8, 4) is 0 Å². The summed E-state index contributed by atoms with van der Waals surface area (Å²) in [5, 5.41) is 3.08. The van der Waals surface area contributed by atoms with E-state index in [2.05, 4.69) is 46.3 Å². The lowest BCUT2D eigenvalue weighted by Gasteiger charge is -2.36. The summed E-state index contributed by atoms with van der Waals surface area (Å²) < 4.78 is 0. The Balaban J connectivity index is 1.28. The number of piperidine rings is 1. The predicted octanol–water partition coefficient (Wildman–Crippen LogP) is 2.27. The fourth-order valence-corrected chi connectivity index (χ4v) is 4.35. The summed E-state index contributed by atoms with van der Waals surface area (Å²) in [5.74, 6) is 0.148. The SMILES string of the molecule is CC(=O)N1CCC[C@@H](C(=O)NCCCCN2CCN(c3cccc(C)c3)CC2)C1. The summed E-state index contributed by atoms with van der Waals surface area (Å²) in [6, 6.07) is 8.75. The van der Waals surface area contributed by atoms with E-state index < -0.39 is 0 Å². The minimum Gasteiger partial charge on any atom is -0.369 e. The quantitative estimate of drug-likeness (QED) is 0.714. The molecule has 2 heterocycles. The number of hydrogen-bond donors (Lipinski definition) is 1. The van der Waals surface area contributed by atoms with Crippen LogP contribution in [0.4, 0.5) is 5.69 Å². The van der Waals surface area contributed by atoms with Crippen LogP contribution in [-0.2, 0) is 9.59 Å². The molecular weight excluding hydrogens is 364 g/mol. The zero-order valence-corrected chi connectivity index (χ0v) is 18.0. The van der Waals surface area contributed by atoms with E-state index in [1.54, 1.807) is 11.8 Å². The van der Waals surface area contributed by atoms with Gasteiger partial charge in [0.15, 0.2) is 0 Å². The molecular formula is C23H36N4O2. The Labute approximate surface area is 175 Å². The molecule has 0 radical (unpaired) electrons. The van der Waals surface area contributed by atoms with E-state index >= 15 is 0 Å². The van der Waals surface area contributed by atoms with Gasteiger partial charge in [0.25, 0.3) is 0 Å². The lowest BCUT2D eigenvalue weighted by Crippen LogP contribution is -2.46. The average Bonchev–Trinajstić information content (AvgIpc) is 2.74. The van der Waals surface area contributed by atoms with E-state index in [-0.39, 0.29) is 17.7 Å². The van der Waals surface area contributed by atoms with Gasteiger partial charge in [-0.2, -0.15) is 0 Å². The largest absolute Gasteiger partial charge is 0.369 e. The molecule has 1 aromatic carbocycles. The van der Waals surface area contributed by atoms with Crippen LogP contribution in [0.1, 0.15) is 38.2 Å². The van der Waals surface area contributed by atoms with Gasteiger partial charge in [0.1, 0.15) is 0 Å². The lowest BCUT2D eigenvalue weighted by atomic mass is 9.97. The van der Waals surface area contributed by atoms with Crippen molar-refractivity contribution in [2.24, 2.45) is 5.92 Å². The minimum atomic E-state index is -0.0395. The summed E-state index contributed by atoms with van der Waals surface area (Å²) in [6.07, 6.45) is 3.93. The van der Waals surface area contributed by atoms with Gasteiger partial charge in [-0.05, 0) is 56.8 Å². The Morgan fingerprint density at radius 1 is 1.10 bits per heavy atom. The topological polar surface area (TPSA) is 55.9 Å². The summed E-state index contributed by atoms with van der Waals surface area (Å²) in [4.78, 5) is 30.7. The summed E-state index contributed by atoms with van der Waals surface area (Å²) in [6.45, 7) is 11.3. The highest BCUT2D eigenvalue weighted by molar-refractivity contribution is 5.80. The van der Waals surface area contributed by atoms with Crippen LogP contribution in [-0.4, -0.2) is 74.0 Å². The van der Waals surface area contributed by atoms with Crippen molar-refractivity contribution in [1.82, 2.24) is 15.1 Å². The van der Waals surface area contributed by atoms with E-state index in [1.165, 1.54) is 11.3 Å². The number of nitrogens with one attached hydrogen (secondary N) is 1. The van der Waals surface area contributed by atoms with Crippen LogP contribution in [0.5, 0.6) is 0 Å². The number of nitrogens with zero attached hydrogens (tertiary/aromatic N) is 3. The highest BCUT2D eigenvalue weighted by atomic mass is 16.2. The molecule has 0 spiro atoms. The number of likely N-dealkylation sites (tertiary alicyclic amines) is 1. The standard InChI is InChI=1S/C23H36N4O2/c1-19-7-5-9-22(17-19)26-15-13-25(14-16-26)11-4-3-10-24-23(29)21-8-6-12-27(18-21)20(2)28/h5,7,9,17,21H,3-4,6,8,10-16,18H2,1-2H3,(H,24,29)/t21-/m1/s1. The zero-order chi connectivity index (χ0) is 20.6. The number of unbranched alkanes of at least 4 members (excludes halogenated alkanes) is 1. The van der Waals surface area contributed by atoms with Crippen molar-refractivity contribution in [3.05, 3.63) is 29.8 Å². The van der Waals surface area contributed by atoms with E-state index in [0.29, 0.717) is 6.54 Å². The van der Waals surface area contributed by atoms with Crippen LogP contribution < -0.4 is 10.2 Å². The third-order valence-electron chi connectivity index (χ3n) is 6.18. The van der Waals surface area contributed by atoms with Crippen molar-refractivity contribution in [2.45, 2.75) is 39.5 Å². The first-order valence-corrected chi connectivity index (χ1v) is 11.1. The Morgan fingerprint density at radius 3 is 2.62 bits per heavy atom. The Kier molecular flexibility index (Phi) is 7.92. The maximum atomic E-state index is 12.4. The number of hydrogen-bond acceptors (Lipinski definition) is 4. The molecule has 1 N–H and O–H groups in total. The molecule has 0 saturated carbocycles. The third-order valence-corrected chi connectivity index (χ3v) is 6.18. The highest BCUT2D eigenvalue weighted by Gasteiger charge is 2.26. The van der Waals surface area contributed by atoms with Crippen molar-refractivity contribution in [3.63, 3.8) is 0 Å². The van der Waals surface area contributed by atoms with E-state index in [0.717, 1.165) is 71.5 Å². The van der Waals surface area contributed by atoms with Crippen LogP contribution in [0.15, 0.2) is 24.3 Å². The molecule has 29 heavy (non-hydrogen) atoms. The van der Waals surface area contributed by atoms with Gasteiger partial charge in [0.2, 0.25) is 11.8 Å². The van der Waals surface area contributed by atoms with Gasteiger partial charge in [0, 0.05) is 58.4 Å². The van der Waals surface area contributed by atoms with Crippen molar-refractivity contribution in [1.29, 1.82) is 0 Å². The second kappa shape index (κ2) is 10.6. The first-order valence-electron chi connectivity index (χ1n) is 11.1. The highest BCUT2D eigenvalue weighted by Crippen LogP contribution is 2.18. The molecule has 2 aliphatic heterocycles. The first-order chi connectivity index (χ1) is 14.0. The fraction of sp³-hybridized carbons (Fsp3) is 0.652. The Bertz CT molecular complexity index is 685. The molecule has 2 fully saturated rings. The van der Waals surface area contributed by atoms with Gasteiger partial charge in [0.05, 0.1) is 5.92 Å². The second-order valence-electron chi connectivity index (χ2n) is 8.47. The summed E-state index contributed by atoms with van der Waals surface area (Å²) in [5.41, 5.74) is 2.65. The number of carbonyl (C=O) groups excluding carboxylic acids is 2. The van der Waals surface area contributed by atoms with Crippen LogP contribution in [0.2, 0.25) is 0 Å². The molecule has 2 aliphatic rings. The normalized spacial score (nSPS) is 20.6. The first kappa shape index (κ1) is 21.6. The molecule has 160 valence electrons. The zero-order valence-electron chi connectivity index (χ0n) is 18.0. The Morgan fingerprint density at radius 2 is 1.90 bits per heavy atom. The number of piperazine rings is 1. The number of rotatable bonds is 7. The smallest absolute Gasteiger partial charge is 0.224 e. The van der Waals surface area contributed by atoms with E-state index in [4.69, 9.17) is 0 Å². The van der Waals surface area contributed by atoms with Crippen molar-refractivity contribution in [2.75, 3.05) is 57.3 Å². The molecule has 0 aromatic heterocycles. The average molecular weight is 401 g/mol. The molecule has 2 amide bonds. The number of aryl methyl sites for hydroxylation is 1. The van der Waals surface area contributed by atoms with Gasteiger partial charge >= 0.3 is 0 Å². The molecule has 0 unspecified atom stereocenters. The van der Waals surface area contributed by atoms with Gasteiger partial charge in [-0.25, -0.2) is 0 Å². The Hall–Kier alpha value is -2.08. The molecule has 1 atom stereocenters. The van der Waals surface area contributed by atoms with Gasteiger partial charge in [-0.3, -0.25) is 14.5 Å². The monoisotopic (exact) mass is 400 g/mol. The predicted molar refractivity (Wildman–Crippen MR) is 117 cm³/mol. The van der Waals surface area contributed by atoms with Gasteiger partial charge in [-0.15, -0.1) is 0 Å². The van der Waals surface area contributed by atoms with Gasteiger partial charge in [-0.1, -0.05) is 12.1 Å². The molecule has 0 bridgehead atoms. The van der Waals surface area contributed by atoms with Gasteiger partial charge < -0.3 is 15.1 Å². The molecule has 1 aromatic rings. The number of amides is 2. The molecule has 6 heteroatoms. The second-order valence-corrected chi connectivity index (χ2v) is 8.47. The number of anilines is 1.